The van der Waals surface area contributed by atoms with Crippen LogP contribution in [0.4, 0.5) is 5.69 Å². The van der Waals surface area contributed by atoms with Crippen molar-refractivity contribution in [3.63, 3.8) is 0 Å². The lowest BCUT2D eigenvalue weighted by atomic mass is 10.1. The van der Waals surface area contributed by atoms with E-state index in [1.54, 1.807) is 18.2 Å². The van der Waals surface area contributed by atoms with Gasteiger partial charge in [0.1, 0.15) is 6.04 Å². The van der Waals surface area contributed by atoms with Gasteiger partial charge in [0.2, 0.25) is 21.8 Å². The standard InChI is InChI=1S/C22H34N4O4S/c1-4-24(5-2)12-8-11-23-22(28)21-16-18-15-19(9-10-20(18)26(21)17(3)27)31(29,30)25-13-6-7-14-25/h9-10,15,21H,4-8,11-14,16H2,1-3H3,(H,23,28). The fourth-order valence-corrected chi connectivity index (χ4v) is 6.01. The molecule has 1 unspecified atom stereocenters. The second-order valence-electron chi connectivity index (χ2n) is 8.18. The lowest BCUT2D eigenvalue weighted by Crippen LogP contribution is -2.47. The molecule has 1 saturated heterocycles. The van der Waals surface area contributed by atoms with Gasteiger partial charge >= 0.3 is 0 Å². The van der Waals surface area contributed by atoms with E-state index in [4.69, 9.17) is 0 Å². The Morgan fingerprint density at radius 2 is 1.84 bits per heavy atom. The number of rotatable bonds is 9. The zero-order chi connectivity index (χ0) is 22.6. The molecule has 3 rings (SSSR count). The number of hydrogen-bond donors (Lipinski definition) is 1. The second-order valence-corrected chi connectivity index (χ2v) is 10.1. The zero-order valence-corrected chi connectivity index (χ0v) is 19.6. The number of sulfonamides is 1. The highest BCUT2D eigenvalue weighted by Crippen LogP contribution is 2.35. The van der Waals surface area contributed by atoms with Gasteiger partial charge in [0.05, 0.1) is 4.90 Å². The lowest BCUT2D eigenvalue weighted by Gasteiger charge is -2.24. The van der Waals surface area contributed by atoms with Crippen LogP contribution in [0.15, 0.2) is 23.1 Å². The summed E-state index contributed by atoms with van der Waals surface area (Å²) < 4.78 is 27.3. The smallest absolute Gasteiger partial charge is 0.243 e. The molecule has 1 fully saturated rings. The zero-order valence-electron chi connectivity index (χ0n) is 18.8. The van der Waals surface area contributed by atoms with Crippen LogP contribution in [0.5, 0.6) is 0 Å². The maximum absolute atomic E-state index is 12.9. The van der Waals surface area contributed by atoms with E-state index >= 15 is 0 Å². The number of hydrogen-bond acceptors (Lipinski definition) is 5. The third-order valence-corrected chi connectivity index (χ3v) is 8.12. The molecule has 0 aliphatic carbocycles. The SMILES string of the molecule is CCN(CC)CCCNC(=O)C1Cc2cc(S(=O)(=O)N3CCCC3)ccc2N1C(C)=O. The van der Waals surface area contributed by atoms with Gasteiger partial charge < -0.3 is 10.2 Å². The van der Waals surface area contributed by atoms with Gasteiger partial charge in [-0.15, -0.1) is 0 Å². The van der Waals surface area contributed by atoms with Crippen molar-refractivity contribution in [2.24, 2.45) is 0 Å². The lowest BCUT2D eigenvalue weighted by molar-refractivity contribution is -0.125. The van der Waals surface area contributed by atoms with Crippen molar-refractivity contribution in [2.45, 2.75) is 57.4 Å². The van der Waals surface area contributed by atoms with E-state index in [1.807, 2.05) is 0 Å². The molecule has 2 amide bonds. The summed E-state index contributed by atoms with van der Waals surface area (Å²) in [5.74, 6) is -0.424. The summed E-state index contributed by atoms with van der Waals surface area (Å²) in [5, 5.41) is 2.95. The Bertz CT molecular complexity index is 908. The average molecular weight is 451 g/mol. The van der Waals surface area contributed by atoms with Gasteiger partial charge in [0.15, 0.2) is 0 Å². The Balaban J connectivity index is 1.71. The summed E-state index contributed by atoms with van der Waals surface area (Å²) in [6.07, 6.45) is 2.91. The normalized spacial score (nSPS) is 19.1. The summed E-state index contributed by atoms with van der Waals surface area (Å²) in [5.41, 5.74) is 1.34. The summed E-state index contributed by atoms with van der Waals surface area (Å²) in [6, 6.07) is 4.19. The van der Waals surface area contributed by atoms with Crippen molar-refractivity contribution >= 4 is 27.5 Å². The number of fused-ring (bicyclic) bond motifs is 1. The first-order valence-electron chi connectivity index (χ1n) is 11.2. The first kappa shape index (κ1) is 23.7. The fourth-order valence-electron chi connectivity index (χ4n) is 4.44. The molecule has 0 spiro atoms. The van der Waals surface area contributed by atoms with E-state index in [1.165, 1.54) is 16.1 Å². The molecule has 1 aromatic rings. The largest absolute Gasteiger partial charge is 0.354 e. The van der Waals surface area contributed by atoms with Crippen LogP contribution in [0, 0.1) is 0 Å². The van der Waals surface area contributed by atoms with Crippen molar-refractivity contribution in [2.75, 3.05) is 44.2 Å². The van der Waals surface area contributed by atoms with Gasteiger partial charge in [-0.05, 0) is 62.7 Å². The van der Waals surface area contributed by atoms with Crippen LogP contribution in [-0.2, 0) is 26.0 Å². The molecule has 2 aliphatic rings. The maximum Gasteiger partial charge on any atom is 0.243 e. The van der Waals surface area contributed by atoms with Gasteiger partial charge in [-0.1, -0.05) is 13.8 Å². The van der Waals surface area contributed by atoms with Crippen molar-refractivity contribution < 1.29 is 18.0 Å². The first-order valence-corrected chi connectivity index (χ1v) is 12.7. The summed E-state index contributed by atoms with van der Waals surface area (Å²) in [6.45, 7) is 10.1. The Kier molecular flexibility index (Phi) is 7.72. The van der Waals surface area contributed by atoms with E-state index in [-0.39, 0.29) is 16.7 Å². The highest BCUT2D eigenvalue weighted by molar-refractivity contribution is 7.89. The predicted octanol–water partition coefficient (Wildman–Crippen LogP) is 1.60. The summed E-state index contributed by atoms with van der Waals surface area (Å²) in [7, 11) is -3.54. The number of carbonyl (C=O) groups is 2. The molecule has 1 N–H and O–H groups in total. The second kappa shape index (κ2) is 10.1. The van der Waals surface area contributed by atoms with Crippen molar-refractivity contribution in [1.82, 2.24) is 14.5 Å². The number of nitrogens with zero attached hydrogens (tertiary/aromatic N) is 3. The molecule has 1 atom stereocenters. The van der Waals surface area contributed by atoms with E-state index < -0.39 is 16.1 Å². The molecular formula is C22H34N4O4S. The van der Waals surface area contributed by atoms with Crippen LogP contribution < -0.4 is 10.2 Å². The Morgan fingerprint density at radius 1 is 1.16 bits per heavy atom. The number of benzene rings is 1. The third kappa shape index (κ3) is 5.10. The first-order chi connectivity index (χ1) is 14.8. The fraction of sp³-hybridized carbons (Fsp3) is 0.636. The molecule has 8 nitrogen and oxygen atoms in total. The van der Waals surface area contributed by atoms with Crippen molar-refractivity contribution in [1.29, 1.82) is 0 Å². The molecule has 2 aliphatic heterocycles. The van der Waals surface area contributed by atoms with Crippen molar-refractivity contribution in [3.05, 3.63) is 23.8 Å². The molecular weight excluding hydrogens is 416 g/mol. The van der Waals surface area contributed by atoms with E-state index in [9.17, 15) is 18.0 Å². The van der Waals surface area contributed by atoms with Gasteiger partial charge in [-0.2, -0.15) is 4.31 Å². The number of carbonyl (C=O) groups excluding carboxylic acids is 2. The van der Waals surface area contributed by atoms with E-state index in [2.05, 4.69) is 24.1 Å². The molecule has 2 heterocycles. The topological polar surface area (TPSA) is 90.0 Å². The minimum absolute atomic E-state index is 0.199. The van der Waals surface area contributed by atoms with Crippen LogP contribution in [0.3, 0.4) is 0 Å². The van der Waals surface area contributed by atoms with Gasteiger partial charge in [-0.25, -0.2) is 8.42 Å². The van der Waals surface area contributed by atoms with E-state index in [0.717, 1.165) is 44.5 Å². The number of amides is 2. The van der Waals surface area contributed by atoms with Gasteiger partial charge in [0, 0.05) is 38.7 Å². The quantitative estimate of drug-likeness (QED) is 0.577. The Morgan fingerprint density at radius 3 is 2.45 bits per heavy atom. The molecule has 0 saturated carbocycles. The highest BCUT2D eigenvalue weighted by atomic mass is 32.2. The monoisotopic (exact) mass is 450 g/mol. The maximum atomic E-state index is 12.9. The third-order valence-electron chi connectivity index (χ3n) is 6.22. The molecule has 1 aromatic carbocycles. The molecule has 31 heavy (non-hydrogen) atoms. The van der Waals surface area contributed by atoms with Crippen LogP contribution in [0.25, 0.3) is 0 Å². The minimum atomic E-state index is -3.54. The van der Waals surface area contributed by atoms with Crippen LogP contribution in [-0.4, -0.2) is 74.7 Å². The molecule has 9 heteroatoms. The predicted molar refractivity (Wildman–Crippen MR) is 121 cm³/mol. The highest BCUT2D eigenvalue weighted by Gasteiger charge is 2.38. The number of anilines is 1. The van der Waals surface area contributed by atoms with Crippen LogP contribution in [0.2, 0.25) is 0 Å². The molecule has 0 aromatic heterocycles. The summed E-state index contributed by atoms with van der Waals surface area (Å²) in [4.78, 5) is 29.2. The molecule has 0 radical (unpaired) electrons. The minimum Gasteiger partial charge on any atom is -0.354 e. The van der Waals surface area contributed by atoms with Crippen LogP contribution >= 0.6 is 0 Å². The van der Waals surface area contributed by atoms with Crippen LogP contribution in [0.1, 0.15) is 45.6 Å². The van der Waals surface area contributed by atoms with Gasteiger partial charge in [0.25, 0.3) is 0 Å². The Hall–Kier alpha value is -1.97. The van der Waals surface area contributed by atoms with E-state index in [0.29, 0.717) is 31.7 Å². The number of nitrogens with one attached hydrogen (secondary N) is 1. The average Bonchev–Trinajstić information content (AvgIpc) is 3.41. The van der Waals surface area contributed by atoms with Gasteiger partial charge in [-0.3, -0.25) is 14.5 Å². The Labute approximate surface area is 185 Å². The summed E-state index contributed by atoms with van der Waals surface area (Å²) >= 11 is 0. The molecule has 0 bridgehead atoms. The molecule has 172 valence electrons. The van der Waals surface area contributed by atoms with Crippen molar-refractivity contribution in [3.8, 4) is 0 Å².